The molecule has 0 radical (unpaired) electrons. The first-order chi connectivity index (χ1) is 7.75. The third-order valence-electron chi connectivity index (χ3n) is 2.66. The summed E-state index contributed by atoms with van der Waals surface area (Å²) in [5.74, 6) is 2.66. The summed E-state index contributed by atoms with van der Waals surface area (Å²) in [6.07, 6.45) is 2.21. The van der Waals surface area contributed by atoms with E-state index in [9.17, 15) is 4.79 Å². The van der Waals surface area contributed by atoms with E-state index in [0.29, 0.717) is 12.0 Å². The predicted molar refractivity (Wildman–Crippen MR) is 82.0 cm³/mol. The lowest BCUT2D eigenvalue weighted by Gasteiger charge is -2.27. The number of nitrogens with zero attached hydrogens (tertiary/aromatic N) is 2. The lowest BCUT2D eigenvalue weighted by Crippen LogP contribution is -2.43. The van der Waals surface area contributed by atoms with Crippen LogP contribution < -0.4 is 11.1 Å². The second-order valence-electron chi connectivity index (χ2n) is 4.12. The number of aliphatic imine (C=N–C) groups is 1. The van der Waals surface area contributed by atoms with E-state index < -0.39 is 0 Å². The Balaban J connectivity index is 0.00000144. The van der Waals surface area contributed by atoms with Crippen molar-refractivity contribution in [1.82, 2.24) is 10.2 Å². The Morgan fingerprint density at radius 3 is 2.65 bits per heavy atom. The number of nitrogens with two attached hydrogens (primary N) is 1. The first-order valence-electron chi connectivity index (χ1n) is 5.67. The molecule has 1 heterocycles. The maximum Gasteiger partial charge on any atom is 0.242 e. The van der Waals surface area contributed by atoms with Gasteiger partial charge in [0.25, 0.3) is 0 Å². The zero-order chi connectivity index (χ0) is 11.4. The smallest absolute Gasteiger partial charge is 0.242 e. The van der Waals surface area contributed by atoms with Crippen molar-refractivity contribution >= 4 is 47.6 Å². The summed E-state index contributed by atoms with van der Waals surface area (Å²) in [4.78, 5) is 17.6. The maximum atomic E-state index is 11.4. The number of amides is 1. The van der Waals surface area contributed by atoms with Gasteiger partial charge in [0.05, 0.1) is 0 Å². The minimum absolute atomic E-state index is 0. The molecule has 0 bridgehead atoms. The van der Waals surface area contributed by atoms with Crippen molar-refractivity contribution in [1.29, 1.82) is 0 Å². The van der Waals surface area contributed by atoms with Gasteiger partial charge in [-0.05, 0) is 12.8 Å². The Kier molecular flexibility index (Phi) is 6.39. The lowest BCUT2D eigenvalue weighted by atomic mass is 10.5. The van der Waals surface area contributed by atoms with Gasteiger partial charge in [-0.15, -0.1) is 24.0 Å². The van der Waals surface area contributed by atoms with E-state index in [1.54, 1.807) is 0 Å². The van der Waals surface area contributed by atoms with Crippen LogP contribution in [-0.4, -0.2) is 53.9 Å². The van der Waals surface area contributed by atoms with Crippen LogP contribution in [0.2, 0.25) is 0 Å². The van der Waals surface area contributed by atoms with Crippen LogP contribution in [0.25, 0.3) is 0 Å². The zero-order valence-electron chi connectivity index (χ0n) is 9.72. The van der Waals surface area contributed by atoms with Gasteiger partial charge in [0.2, 0.25) is 5.91 Å². The summed E-state index contributed by atoms with van der Waals surface area (Å²) < 4.78 is 0. The molecular weight excluding hydrogens is 351 g/mol. The SMILES string of the molecule is I.NC(=NCC(=O)NC1CC1)N1CCSCC1. The first-order valence-corrected chi connectivity index (χ1v) is 6.83. The molecule has 1 saturated heterocycles. The Bertz CT molecular complexity index is 290. The average Bonchev–Trinajstić information content (AvgIpc) is 3.11. The molecule has 3 N–H and O–H groups in total. The highest BCUT2D eigenvalue weighted by Crippen LogP contribution is 2.18. The maximum absolute atomic E-state index is 11.4. The van der Waals surface area contributed by atoms with E-state index in [4.69, 9.17) is 5.73 Å². The summed E-state index contributed by atoms with van der Waals surface area (Å²) in [7, 11) is 0. The van der Waals surface area contributed by atoms with E-state index in [1.807, 2.05) is 16.7 Å². The number of guanidine groups is 1. The number of halogens is 1. The molecular formula is C10H19IN4OS. The highest BCUT2D eigenvalue weighted by molar-refractivity contribution is 14.0. The molecule has 0 unspecified atom stereocenters. The molecule has 2 rings (SSSR count). The number of rotatable bonds is 3. The zero-order valence-corrected chi connectivity index (χ0v) is 12.9. The van der Waals surface area contributed by atoms with Crippen molar-refractivity contribution < 1.29 is 4.79 Å². The molecule has 0 spiro atoms. The molecule has 7 heteroatoms. The van der Waals surface area contributed by atoms with Gasteiger partial charge < -0.3 is 16.0 Å². The topological polar surface area (TPSA) is 70.7 Å². The van der Waals surface area contributed by atoms with Crippen molar-refractivity contribution in [3.63, 3.8) is 0 Å². The van der Waals surface area contributed by atoms with E-state index >= 15 is 0 Å². The van der Waals surface area contributed by atoms with Crippen molar-refractivity contribution in [3.05, 3.63) is 0 Å². The predicted octanol–water partition coefficient (Wildman–Crippen LogP) is 0.246. The van der Waals surface area contributed by atoms with Crippen LogP contribution in [0.3, 0.4) is 0 Å². The minimum atomic E-state index is -0.0168. The summed E-state index contributed by atoms with van der Waals surface area (Å²) in [5, 5.41) is 2.89. The standard InChI is InChI=1S/C10H18N4OS.HI/c11-10(14-3-5-16-6-4-14)12-7-9(15)13-8-1-2-8;/h8H,1-7H2,(H2,11,12)(H,13,15);1H. The number of carbonyl (C=O) groups excluding carboxylic acids is 1. The van der Waals surface area contributed by atoms with E-state index in [2.05, 4.69) is 10.3 Å². The number of thioether (sulfide) groups is 1. The molecule has 0 aromatic carbocycles. The molecule has 0 atom stereocenters. The third kappa shape index (κ3) is 5.33. The number of hydrogen-bond donors (Lipinski definition) is 2. The van der Waals surface area contributed by atoms with Gasteiger partial charge in [-0.25, -0.2) is 4.99 Å². The Morgan fingerprint density at radius 1 is 1.41 bits per heavy atom. The van der Waals surface area contributed by atoms with Crippen molar-refractivity contribution in [2.75, 3.05) is 31.1 Å². The number of hydrogen-bond acceptors (Lipinski definition) is 3. The quantitative estimate of drug-likeness (QED) is 0.425. The van der Waals surface area contributed by atoms with Gasteiger partial charge >= 0.3 is 0 Å². The fourth-order valence-electron chi connectivity index (χ4n) is 1.55. The van der Waals surface area contributed by atoms with Gasteiger partial charge in [-0.2, -0.15) is 11.8 Å². The van der Waals surface area contributed by atoms with Gasteiger partial charge in [-0.1, -0.05) is 0 Å². The van der Waals surface area contributed by atoms with Crippen molar-refractivity contribution in [2.45, 2.75) is 18.9 Å². The van der Waals surface area contributed by atoms with Gasteiger partial charge in [0.1, 0.15) is 6.54 Å². The lowest BCUT2D eigenvalue weighted by molar-refractivity contribution is -0.119. The summed E-state index contributed by atoms with van der Waals surface area (Å²) in [6, 6.07) is 0.398. The molecule has 1 saturated carbocycles. The van der Waals surface area contributed by atoms with Crippen LogP contribution in [0.4, 0.5) is 0 Å². The van der Waals surface area contributed by atoms with Crippen LogP contribution in [0, 0.1) is 0 Å². The molecule has 98 valence electrons. The van der Waals surface area contributed by atoms with Crippen LogP contribution in [0.1, 0.15) is 12.8 Å². The average molecular weight is 370 g/mol. The van der Waals surface area contributed by atoms with Crippen LogP contribution in [0.15, 0.2) is 4.99 Å². The molecule has 2 aliphatic rings. The highest BCUT2D eigenvalue weighted by atomic mass is 127. The van der Waals surface area contributed by atoms with Gasteiger partial charge in [-0.3, -0.25) is 4.79 Å². The third-order valence-corrected chi connectivity index (χ3v) is 3.60. The summed E-state index contributed by atoms with van der Waals surface area (Å²) in [6.45, 7) is 2.03. The Labute approximate surface area is 123 Å². The van der Waals surface area contributed by atoms with Crippen LogP contribution in [-0.2, 0) is 4.79 Å². The summed E-state index contributed by atoms with van der Waals surface area (Å²) in [5.41, 5.74) is 5.83. The van der Waals surface area contributed by atoms with Crippen molar-refractivity contribution in [2.24, 2.45) is 10.7 Å². The minimum Gasteiger partial charge on any atom is -0.370 e. The normalized spacial score (nSPS) is 20.7. The van der Waals surface area contributed by atoms with Crippen molar-refractivity contribution in [3.8, 4) is 0 Å². The number of carbonyl (C=O) groups is 1. The molecule has 1 amide bonds. The molecule has 0 aromatic rings. The van der Waals surface area contributed by atoms with Crippen LogP contribution in [0.5, 0.6) is 0 Å². The largest absolute Gasteiger partial charge is 0.370 e. The van der Waals surface area contributed by atoms with E-state index in [-0.39, 0.29) is 36.4 Å². The molecule has 2 fully saturated rings. The second-order valence-corrected chi connectivity index (χ2v) is 5.34. The fourth-order valence-corrected chi connectivity index (χ4v) is 2.45. The monoisotopic (exact) mass is 370 g/mol. The molecule has 5 nitrogen and oxygen atoms in total. The summed E-state index contributed by atoms with van der Waals surface area (Å²) >= 11 is 1.93. The molecule has 1 aliphatic carbocycles. The Morgan fingerprint density at radius 2 is 2.06 bits per heavy atom. The Hall–Kier alpha value is -0.180. The van der Waals surface area contributed by atoms with Crippen LogP contribution >= 0.6 is 35.7 Å². The molecule has 0 aromatic heterocycles. The first kappa shape index (κ1) is 14.9. The van der Waals surface area contributed by atoms with Gasteiger partial charge in [0, 0.05) is 30.6 Å². The fraction of sp³-hybridized carbons (Fsp3) is 0.800. The number of nitrogens with one attached hydrogen (secondary N) is 1. The van der Waals surface area contributed by atoms with E-state index in [1.165, 1.54) is 0 Å². The van der Waals surface area contributed by atoms with Gasteiger partial charge in [0.15, 0.2) is 5.96 Å². The highest BCUT2D eigenvalue weighted by Gasteiger charge is 2.23. The van der Waals surface area contributed by atoms with E-state index in [0.717, 1.165) is 37.4 Å². The molecule has 1 aliphatic heterocycles. The molecule has 17 heavy (non-hydrogen) atoms. The second kappa shape index (κ2) is 7.30.